The van der Waals surface area contributed by atoms with Crippen LogP contribution in [-0.4, -0.2) is 52.1 Å². The van der Waals surface area contributed by atoms with Crippen molar-refractivity contribution in [3.05, 3.63) is 42.4 Å². The molecule has 0 unspecified atom stereocenters. The van der Waals surface area contributed by atoms with Crippen molar-refractivity contribution < 1.29 is 9.21 Å². The van der Waals surface area contributed by atoms with Gasteiger partial charge in [-0.25, -0.2) is 9.78 Å². The molecule has 1 saturated heterocycles. The molecule has 1 N–H and O–H groups in total. The Hall–Kier alpha value is -2.28. The Balaban J connectivity index is 1.62. The van der Waals surface area contributed by atoms with E-state index in [9.17, 15) is 4.79 Å². The molecule has 7 heteroatoms. The van der Waals surface area contributed by atoms with Crippen molar-refractivity contribution >= 4 is 6.03 Å². The lowest BCUT2D eigenvalue weighted by Crippen LogP contribution is -2.52. The smallest absolute Gasteiger partial charge is 0.317 e. The van der Waals surface area contributed by atoms with Crippen molar-refractivity contribution in [2.75, 3.05) is 26.7 Å². The minimum absolute atomic E-state index is 0.0477. The first-order valence-corrected chi connectivity index (χ1v) is 7.36. The molecule has 1 aliphatic rings. The molecule has 3 rings (SSSR count). The molecule has 118 valence electrons. The zero-order valence-corrected chi connectivity index (χ0v) is 12.9. The Morgan fingerprint density at radius 3 is 3.00 bits per heavy atom. The molecule has 0 aromatic carbocycles. The molecule has 1 atom stereocenters. The Morgan fingerprint density at radius 2 is 2.32 bits per heavy atom. The zero-order valence-electron chi connectivity index (χ0n) is 12.9. The number of hydrogen-bond acceptors (Lipinski definition) is 4. The van der Waals surface area contributed by atoms with E-state index in [0.29, 0.717) is 19.6 Å². The van der Waals surface area contributed by atoms with Gasteiger partial charge in [-0.05, 0) is 13.1 Å². The second kappa shape index (κ2) is 6.23. The van der Waals surface area contributed by atoms with E-state index >= 15 is 0 Å². The van der Waals surface area contributed by atoms with Gasteiger partial charge in [-0.15, -0.1) is 0 Å². The first-order chi connectivity index (χ1) is 10.6. The van der Waals surface area contributed by atoms with Crippen LogP contribution in [0.4, 0.5) is 4.79 Å². The average molecular weight is 303 g/mol. The molecule has 2 amide bonds. The predicted octanol–water partition coefficient (Wildman–Crippen LogP) is 1.21. The number of carbonyl (C=O) groups is 1. The van der Waals surface area contributed by atoms with Gasteiger partial charge < -0.3 is 19.2 Å². The zero-order chi connectivity index (χ0) is 15.5. The predicted molar refractivity (Wildman–Crippen MR) is 81.1 cm³/mol. The standard InChI is InChI=1S/C15H21N5O2/c1-18-6-7-20(10-13(18)14-16-4-5-19(14)2)15(21)17-9-12-3-8-22-11-12/h3-5,8,11,13H,6-7,9-10H2,1-2H3,(H,17,21)/t13-/m1/s1. The largest absolute Gasteiger partial charge is 0.472 e. The fraction of sp³-hybridized carbons (Fsp3) is 0.467. The number of imidazole rings is 1. The Kier molecular flexibility index (Phi) is 4.15. The van der Waals surface area contributed by atoms with Gasteiger partial charge in [0.1, 0.15) is 5.82 Å². The lowest BCUT2D eigenvalue weighted by Gasteiger charge is -2.38. The third-order valence-corrected chi connectivity index (χ3v) is 4.12. The topological polar surface area (TPSA) is 66.5 Å². The van der Waals surface area contributed by atoms with Gasteiger partial charge in [-0.2, -0.15) is 0 Å². The number of amides is 2. The average Bonchev–Trinajstić information content (AvgIpc) is 3.17. The summed E-state index contributed by atoms with van der Waals surface area (Å²) in [6.07, 6.45) is 6.97. The van der Waals surface area contributed by atoms with Gasteiger partial charge >= 0.3 is 6.03 Å². The van der Waals surface area contributed by atoms with Gasteiger partial charge in [0.2, 0.25) is 0 Å². The molecule has 0 radical (unpaired) electrons. The fourth-order valence-corrected chi connectivity index (χ4v) is 2.72. The number of furan rings is 1. The molecule has 2 aromatic rings. The van der Waals surface area contributed by atoms with Crippen LogP contribution < -0.4 is 5.32 Å². The van der Waals surface area contributed by atoms with Crippen molar-refractivity contribution in [1.82, 2.24) is 24.7 Å². The number of hydrogen-bond donors (Lipinski definition) is 1. The second-order valence-electron chi connectivity index (χ2n) is 5.63. The molecule has 2 aromatic heterocycles. The SMILES string of the molecule is CN1CCN(C(=O)NCc2ccoc2)C[C@@H]1c1nccn1C. The Morgan fingerprint density at radius 1 is 1.45 bits per heavy atom. The van der Waals surface area contributed by atoms with E-state index in [4.69, 9.17) is 4.42 Å². The minimum Gasteiger partial charge on any atom is -0.472 e. The summed E-state index contributed by atoms with van der Waals surface area (Å²) in [6.45, 7) is 2.67. The monoisotopic (exact) mass is 303 g/mol. The number of likely N-dealkylation sites (N-methyl/N-ethyl adjacent to an activating group) is 1. The number of aromatic nitrogens is 2. The van der Waals surface area contributed by atoms with E-state index in [1.54, 1.807) is 18.7 Å². The number of nitrogens with zero attached hydrogens (tertiary/aromatic N) is 4. The maximum atomic E-state index is 12.3. The number of carbonyl (C=O) groups excluding carboxylic acids is 1. The van der Waals surface area contributed by atoms with E-state index < -0.39 is 0 Å². The maximum Gasteiger partial charge on any atom is 0.317 e. The van der Waals surface area contributed by atoms with Crippen molar-refractivity contribution in [2.45, 2.75) is 12.6 Å². The Labute approximate surface area is 129 Å². The van der Waals surface area contributed by atoms with Crippen LogP contribution in [0, 0.1) is 0 Å². The van der Waals surface area contributed by atoms with Gasteiger partial charge in [0.05, 0.1) is 18.6 Å². The molecule has 0 bridgehead atoms. The second-order valence-corrected chi connectivity index (χ2v) is 5.63. The van der Waals surface area contributed by atoms with Crippen LogP contribution in [-0.2, 0) is 13.6 Å². The minimum atomic E-state index is -0.0477. The van der Waals surface area contributed by atoms with Crippen LogP contribution in [0.1, 0.15) is 17.4 Å². The molecule has 22 heavy (non-hydrogen) atoms. The third-order valence-electron chi connectivity index (χ3n) is 4.12. The van der Waals surface area contributed by atoms with Crippen molar-refractivity contribution in [3.8, 4) is 0 Å². The quantitative estimate of drug-likeness (QED) is 0.925. The van der Waals surface area contributed by atoms with Crippen LogP contribution in [0.25, 0.3) is 0 Å². The molecule has 0 aliphatic carbocycles. The normalized spacial score (nSPS) is 19.4. The summed E-state index contributed by atoms with van der Waals surface area (Å²) in [5, 5.41) is 2.93. The molecule has 0 saturated carbocycles. The molecule has 7 nitrogen and oxygen atoms in total. The van der Waals surface area contributed by atoms with Crippen LogP contribution in [0.3, 0.4) is 0 Å². The maximum absolute atomic E-state index is 12.3. The van der Waals surface area contributed by atoms with Gasteiger partial charge in [0.15, 0.2) is 0 Å². The highest BCUT2D eigenvalue weighted by Crippen LogP contribution is 2.22. The first-order valence-electron chi connectivity index (χ1n) is 7.36. The first kappa shape index (κ1) is 14.6. The molecule has 1 aliphatic heterocycles. The van der Waals surface area contributed by atoms with Crippen molar-refractivity contribution in [2.24, 2.45) is 7.05 Å². The lowest BCUT2D eigenvalue weighted by atomic mass is 10.1. The van der Waals surface area contributed by atoms with Gasteiger partial charge in [-0.3, -0.25) is 4.90 Å². The summed E-state index contributed by atoms with van der Waals surface area (Å²) in [4.78, 5) is 20.8. The van der Waals surface area contributed by atoms with Gasteiger partial charge in [-0.1, -0.05) is 0 Å². The van der Waals surface area contributed by atoms with Crippen molar-refractivity contribution in [3.63, 3.8) is 0 Å². The summed E-state index contributed by atoms with van der Waals surface area (Å²) in [7, 11) is 4.05. The third kappa shape index (κ3) is 2.99. The van der Waals surface area contributed by atoms with Crippen molar-refractivity contribution in [1.29, 1.82) is 0 Å². The lowest BCUT2D eigenvalue weighted by molar-refractivity contribution is 0.104. The van der Waals surface area contributed by atoms with E-state index in [1.165, 1.54) is 0 Å². The van der Waals surface area contributed by atoms with E-state index in [-0.39, 0.29) is 12.1 Å². The summed E-state index contributed by atoms with van der Waals surface area (Å²) in [6, 6.07) is 1.92. The van der Waals surface area contributed by atoms with Gasteiger partial charge in [0, 0.05) is 51.2 Å². The van der Waals surface area contributed by atoms with Crippen LogP contribution in [0.15, 0.2) is 35.4 Å². The number of nitrogens with one attached hydrogen (secondary N) is 1. The highest BCUT2D eigenvalue weighted by molar-refractivity contribution is 5.74. The molecule has 3 heterocycles. The van der Waals surface area contributed by atoms with E-state index in [0.717, 1.165) is 17.9 Å². The van der Waals surface area contributed by atoms with Gasteiger partial charge in [0.25, 0.3) is 0 Å². The Bertz CT molecular complexity index is 622. The number of aryl methyl sites for hydroxylation is 1. The summed E-state index contributed by atoms with van der Waals surface area (Å²) < 4.78 is 7.01. The number of piperazine rings is 1. The van der Waals surface area contributed by atoms with Crippen LogP contribution in [0.2, 0.25) is 0 Å². The number of rotatable bonds is 3. The summed E-state index contributed by atoms with van der Waals surface area (Å²) in [5.74, 6) is 0.981. The van der Waals surface area contributed by atoms with Crippen LogP contribution in [0.5, 0.6) is 0 Å². The summed E-state index contributed by atoms with van der Waals surface area (Å²) in [5.41, 5.74) is 0.961. The molecule has 1 fully saturated rings. The molecular weight excluding hydrogens is 282 g/mol. The highest BCUT2D eigenvalue weighted by atomic mass is 16.3. The molecule has 0 spiro atoms. The van der Waals surface area contributed by atoms with E-state index in [1.807, 2.05) is 28.8 Å². The van der Waals surface area contributed by atoms with Crippen LogP contribution >= 0.6 is 0 Å². The highest BCUT2D eigenvalue weighted by Gasteiger charge is 2.30. The molecular formula is C15H21N5O2. The number of urea groups is 1. The van der Waals surface area contributed by atoms with E-state index in [2.05, 4.69) is 22.2 Å². The fourth-order valence-electron chi connectivity index (χ4n) is 2.72. The summed E-state index contributed by atoms with van der Waals surface area (Å²) >= 11 is 0.